The number of fused-ring (bicyclic) bond motifs is 1. The molecule has 86 valence electrons. The number of rotatable bonds is 2. The van der Waals surface area contributed by atoms with Crippen molar-refractivity contribution in [2.45, 2.75) is 38.0 Å². The first kappa shape index (κ1) is 11.1. The van der Waals surface area contributed by atoms with Crippen molar-refractivity contribution in [3.8, 4) is 0 Å². The fraction of sp³-hybridized carbons (Fsp3) is 0.462. The van der Waals surface area contributed by atoms with E-state index < -0.39 is 5.97 Å². The molecule has 3 heteroatoms. The van der Waals surface area contributed by atoms with Gasteiger partial charge in [-0.05, 0) is 41.0 Å². The lowest BCUT2D eigenvalue weighted by Gasteiger charge is -2.19. The first-order valence-electron chi connectivity index (χ1n) is 5.42. The largest absolute Gasteiger partial charge is 0.481 e. The Morgan fingerprint density at radius 1 is 1.56 bits per heavy atom. The predicted molar refractivity (Wildman–Crippen MR) is 59.0 cm³/mol. The number of carbonyl (C=O) groups is 1. The fourth-order valence-corrected chi connectivity index (χ4v) is 2.70. The Morgan fingerprint density at radius 3 is 2.88 bits per heavy atom. The quantitative estimate of drug-likeness (QED) is 0.835. The molecule has 0 saturated heterocycles. The Hall–Kier alpha value is -1.38. The van der Waals surface area contributed by atoms with Crippen molar-refractivity contribution in [1.29, 1.82) is 0 Å². The maximum atomic E-state index is 13.2. The maximum absolute atomic E-state index is 13.2. The SMILES string of the molecule is CC1(C)CC(CC(=O)O)c2ccc(F)cc21. The molecule has 1 aliphatic carbocycles. The summed E-state index contributed by atoms with van der Waals surface area (Å²) in [6.07, 6.45) is 0.903. The van der Waals surface area contributed by atoms with E-state index in [0.29, 0.717) is 0 Å². The van der Waals surface area contributed by atoms with E-state index in [9.17, 15) is 9.18 Å². The molecule has 0 spiro atoms. The topological polar surface area (TPSA) is 37.3 Å². The lowest BCUT2D eigenvalue weighted by atomic mass is 9.86. The van der Waals surface area contributed by atoms with Gasteiger partial charge in [0.1, 0.15) is 5.82 Å². The molecule has 0 heterocycles. The van der Waals surface area contributed by atoms with Crippen LogP contribution in [0.5, 0.6) is 0 Å². The lowest BCUT2D eigenvalue weighted by Crippen LogP contribution is -2.13. The Balaban J connectivity index is 2.42. The van der Waals surface area contributed by atoms with Crippen molar-refractivity contribution in [3.63, 3.8) is 0 Å². The smallest absolute Gasteiger partial charge is 0.303 e. The van der Waals surface area contributed by atoms with Crippen LogP contribution in [0.15, 0.2) is 18.2 Å². The van der Waals surface area contributed by atoms with Gasteiger partial charge in [-0.15, -0.1) is 0 Å². The van der Waals surface area contributed by atoms with Crippen molar-refractivity contribution in [1.82, 2.24) is 0 Å². The van der Waals surface area contributed by atoms with E-state index in [1.54, 1.807) is 6.07 Å². The summed E-state index contributed by atoms with van der Waals surface area (Å²) in [4.78, 5) is 10.8. The molecule has 2 rings (SSSR count). The molecular weight excluding hydrogens is 207 g/mol. The van der Waals surface area contributed by atoms with E-state index in [-0.39, 0.29) is 23.6 Å². The average molecular weight is 222 g/mol. The summed E-state index contributed by atoms with van der Waals surface area (Å²) >= 11 is 0. The van der Waals surface area contributed by atoms with Crippen LogP contribution in [0.3, 0.4) is 0 Å². The van der Waals surface area contributed by atoms with Gasteiger partial charge in [0.15, 0.2) is 0 Å². The van der Waals surface area contributed by atoms with Crippen LogP contribution < -0.4 is 0 Å². The van der Waals surface area contributed by atoms with E-state index in [1.165, 1.54) is 12.1 Å². The van der Waals surface area contributed by atoms with Gasteiger partial charge in [0.25, 0.3) is 0 Å². The average Bonchev–Trinajstić information content (AvgIpc) is 2.37. The van der Waals surface area contributed by atoms with Gasteiger partial charge in [0.05, 0.1) is 6.42 Å². The minimum atomic E-state index is -0.794. The molecule has 0 bridgehead atoms. The lowest BCUT2D eigenvalue weighted by molar-refractivity contribution is -0.137. The van der Waals surface area contributed by atoms with E-state index in [4.69, 9.17) is 5.11 Å². The predicted octanol–water partition coefficient (Wildman–Crippen LogP) is 3.07. The molecule has 1 aromatic carbocycles. The Morgan fingerprint density at radius 2 is 2.25 bits per heavy atom. The van der Waals surface area contributed by atoms with E-state index in [1.807, 2.05) is 13.8 Å². The third-order valence-corrected chi connectivity index (χ3v) is 3.36. The molecule has 1 unspecified atom stereocenters. The number of hydrogen-bond acceptors (Lipinski definition) is 1. The van der Waals surface area contributed by atoms with Crippen LogP contribution in [-0.4, -0.2) is 11.1 Å². The minimum Gasteiger partial charge on any atom is -0.481 e. The highest BCUT2D eigenvalue weighted by Gasteiger charge is 2.37. The molecule has 0 aromatic heterocycles. The Bertz CT molecular complexity index is 438. The van der Waals surface area contributed by atoms with Crippen LogP contribution in [0.25, 0.3) is 0 Å². The summed E-state index contributed by atoms with van der Waals surface area (Å²) in [5.74, 6) is -1.02. The van der Waals surface area contributed by atoms with Crippen LogP contribution in [0.1, 0.15) is 43.7 Å². The number of benzene rings is 1. The maximum Gasteiger partial charge on any atom is 0.303 e. The van der Waals surface area contributed by atoms with Crippen molar-refractivity contribution >= 4 is 5.97 Å². The van der Waals surface area contributed by atoms with Crippen molar-refractivity contribution in [3.05, 3.63) is 35.1 Å². The third-order valence-electron chi connectivity index (χ3n) is 3.36. The molecule has 1 aromatic rings. The highest BCUT2D eigenvalue weighted by Crippen LogP contribution is 2.47. The van der Waals surface area contributed by atoms with Gasteiger partial charge in [0, 0.05) is 0 Å². The zero-order chi connectivity index (χ0) is 11.9. The van der Waals surface area contributed by atoms with E-state index >= 15 is 0 Å². The molecule has 1 N–H and O–H groups in total. The van der Waals surface area contributed by atoms with Crippen LogP contribution in [0.2, 0.25) is 0 Å². The summed E-state index contributed by atoms with van der Waals surface area (Å²) < 4.78 is 13.2. The van der Waals surface area contributed by atoms with Gasteiger partial charge in [-0.3, -0.25) is 4.79 Å². The standard InChI is InChI=1S/C13H15FO2/c1-13(2)7-8(5-12(15)16)10-4-3-9(14)6-11(10)13/h3-4,6,8H,5,7H2,1-2H3,(H,15,16). The van der Waals surface area contributed by atoms with Gasteiger partial charge in [-0.2, -0.15) is 0 Å². The van der Waals surface area contributed by atoms with Crippen LogP contribution in [-0.2, 0) is 10.2 Å². The van der Waals surface area contributed by atoms with Gasteiger partial charge >= 0.3 is 5.97 Å². The number of carboxylic acid groups (broad SMARTS) is 1. The molecule has 0 fully saturated rings. The molecule has 0 saturated carbocycles. The first-order chi connectivity index (χ1) is 7.40. The molecule has 0 aliphatic heterocycles. The molecule has 16 heavy (non-hydrogen) atoms. The summed E-state index contributed by atoms with van der Waals surface area (Å²) in [6, 6.07) is 4.68. The van der Waals surface area contributed by atoms with Crippen molar-refractivity contribution in [2.75, 3.05) is 0 Å². The summed E-state index contributed by atoms with van der Waals surface area (Å²) in [7, 11) is 0. The van der Waals surface area contributed by atoms with Crippen LogP contribution in [0, 0.1) is 5.82 Å². The Labute approximate surface area is 94.1 Å². The van der Waals surface area contributed by atoms with Crippen LogP contribution >= 0.6 is 0 Å². The molecular formula is C13H15FO2. The zero-order valence-electron chi connectivity index (χ0n) is 9.46. The second-order valence-electron chi connectivity index (χ2n) is 5.11. The zero-order valence-corrected chi connectivity index (χ0v) is 9.46. The number of hydrogen-bond donors (Lipinski definition) is 1. The van der Waals surface area contributed by atoms with Crippen molar-refractivity contribution in [2.24, 2.45) is 0 Å². The Kier molecular flexibility index (Phi) is 2.49. The molecule has 2 nitrogen and oxygen atoms in total. The summed E-state index contributed by atoms with van der Waals surface area (Å²) in [5, 5.41) is 8.85. The van der Waals surface area contributed by atoms with E-state index in [2.05, 4.69) is 0 Å². The van der Waals surface area contributed by atoms with E-state index in [0.717, 1.165) is 17.5 Å². The highest BCUT2D eigenvalue weighted by molar-refractivity contribution is 5.68. The number of aliphatic carboxylic acids is 1. The second-order valence-corrected chi connectivity index (χ2v) is 5.11. The molecule has 1 aliphatic rings. The molecule has 0 radical (unpaired) electrons. The van der Waals surface area contributed by atoms with Gasteiger partial charge < -0.3 is 5.11 Å². The van der Waals surface area contributed by atoms with Gasteiger partial charge in [-0.1, -0.05) is 19.9 Å². The number of carboxylic acids is 1. The molecule has 1 atom stereocenters. The van der Waals surface area contributed by atoms with Gasteiger partial charge in [0.2, 0.25) is 0 Å². The third kappa shape index (κ3) is 1.82. The number of halogens is 1. The first-order valence-corrected chi connectivity index (χ1v) is 5.42. The summed E-state index contributed by atoms with van der Waals surface area (Å²) in [6.45, 7) is 4.07. The second kappa shape index (κ2) is 3.58. The van der Waals surface area contributed by atoms with Crippen LogP contribution in [0.4, 0.5) is 4.39 Å². The fourth-order valence-electron chi connectivity index (χ4n) is 2.70. The molecule has 0 amide bonds. The summed E-state index contributed by atoms with van der Waals surface area (Å²) in [5.41, 5.74) is 1.82. The van der Waals surface area contributed by atoms with Crippen molar-refractivity contribution < 1.29 is 14.3 Å². The normalized spacial score (nSPS) is 21.8. The monoisotopic (exact) mass is 222 g/mol. The highest BCUT2D eigenvalue weighted by atomic mass is 19.1. The van der Waals surface area contributed by atoms with Gasteiger partial charge in [-0.25, -0.2) is 4.39 Å². The minimum absolute atomic E-state index is 0.0168.